The number of anilines is 2. The Morgan fingerprint density at radius 2 is 1.84 bits per heavy atom. The fourth-order valence-electron chi connectivity index (χ4n) is 3.84. The van der Waals surface area contributed by atoms with Gasteiger partial charge in [-0.25, -0.2) is 9.50 Å². The summed E-state index contributed by atoms with van der Waals surface area (Å²) in [5, 5.41) is 11.3. The summed E-state index contributed by atoms with van der Waals surface area (Å²) in [4.78, 5) is 29.0. The lowest BCUT2D eigenvalue weighted by Crippen LogP contribution is -2.16. The fraction of sp³-hybridized carbons (Fsp3) is 0.250. The Bertz CT molecular complexity index is 1340. The lowest BCUT2D eigenvalue weighted by atomic mass is 10.1. The molecule has 2 aromatic carbocycles. The predicted octanol–water partition coefficient (Wildman–Crippen LogP) is 4.04. The van der Waals surface area contributed by atoms with E-state index in [2.05, 4.69) is 15.7 Å². The molecule has 2 N–H and O–H groups in total. The van der Waals surface area contributed by atoms with Crippen molar-refractivity contribution in [2.24, 2.45) is 0 Å². The van der Waals surface area contributed by atoms with Crippen LogP contribution in [0.5, 0.6) is 5.75 Å². The molecule has 0 radical (unpaired) electrons. The molecular formula is C24H25N5O3. The Morgan fingerprint density at radius 3 is 2.59 bits per heavy atom. The first-order chi connectivity index (χ1) is 15.4. The molecule has 0 unspecified atom stereocenters. The average Bonchev–Trinajstić information content (AvgIpc) is 3.13. The van der Waals surface area contributed by atoms with Crippen LogP contribution in [0.3, 0.4) is 0 Å². The Balaban J connectivity index is 1.56. The Labute approximate surface area is 185 Å². The molecule has 2 amide bonds. The second-order valence-electron chi connectivity index (χ2n) is 7.65. The molecule has 4 aromatic rings. The van der Waals surface area contributed by atoms with Crippen molar-refractivity contribution in [3.8, 4) is 5.75 Å². The summed E-state index contributed by atoms with van der Waals surface area (Å²) in [6, 6.07) is 13.0. The molecule has 0 atom stereocenters. The molecule has 0 fully saturated rings. The molecule has 0 saturated carbocycles. The van der Waals surface area contributed by atoms with E-state index in [1.54, 1.807) is 25.3 Å². The first-order valence-corrected chi connectivity index (χ1v) is 10.4. The van der Waals surface area contributed by atoms with Gasteiger partial charge >= 0.3 is 0 Å². The van der Waals surface area contributed by atoms with Crippen molar-refractivity contribution in [1.29, 1.82) is 0 Å². The van der Waals surface area contributed by atoms with Crippen LogP contribution in [0.4, 0.5) is 11.4 Å². The smallest absolute Gasteiger partial charge is 0.224 e. The summed E-state index contributed by atoms with van der Waals surface area (Å²) >= 11 is 0. The monoisotopic (exact) mass is 431 g/mol. The first kappa shape index (κ1) is 21.3. The summed E-state index contributed by atoms with van der Waals surface area (Å²) < 4.78 is 7.09. The van der Waals surface area contributed by atoms with Crippen LogP contribution in [0.15, 0.2) is 42.5 Å². The minimum Gasteiger partial charge on any atom is -0.497 e. The number of hydrogen-bond donors (Lipinski definition) is 2. The number of aromatic nitrogens is 3. The van der Waals surface area contributed by atoms with E-state index in [1.807, 2.05) is 42.6 Å². The maximum Gasteiger partial charge on any atom is 0.224 e. The number of amides is 2. The number of methoxy groups -OCH3 is 1. The topological polar surface area (TPSA) is 97.6 Å². The van der Waals surface area contributed by atoms with Gasteiger partial charge in [-0.15, -0.1) is 0 Å². The van der Waals surface area contributed by atoms with Crippen LogP contribution < -0.4 is 15.4 Å². The molecule has 0 bridgehead atoms. The summed E-state index contributed by atoms with van der Waals surface area (Å²) in [6.45, 7) is 5.37. The molecule has 2 aromatic heterocycles. The average molecular weight is 431 g/mol. The lowest BCUT2D eigenvalue weighted by Gasteiger charge is -2.14. The molecular weight excluding hydrogens is 406 g/mol. The van der Waals surface area contributed by atoms with E-state index in [9.17, 15) is 9.59 Å². The molecule has 8 nitrogen and oxygen atoms in total. The van der Waals surface area contributed by atoms with E-state index in [4.69, 9.17) is 9.72 Å². The quantitative estimate of drug-likeness (QED) is 0.480. The molecule has 0 saturated heterocycles. The zero-order chi connectivity index (χ0) is 22.8. The highest BCUT2D eigenvalue weighted by atomic mass is 16.5. The fourth-order valence-corrected chi connectivity index (χ4v) is 3.84. The zero-order valence-electron chi connectivity index (χ0n) is 18.5. The molecule has 32 heavy (non-hydrogen) atoms. The van der Waals surface area contributed by atoms with Crippen LogP contribution >= 0.6 is 0 Å². The van der Waals surface area contributed by atoms with E-state index >= 15 is 0 Å². The Kier molecular flexibility index (Phi) is 5.77. The van der Waals surface area contributed by atoms with Crippen molar-refractivity contribution in [2.75, 3.05) is 17.7 Å². The van der Waals surface area contributed by atoms with Crippen LogP contribution in [-0.2, 0) is 16.0 Å². The minimum atomic E-state index is -0.220. The van der Waals surface area contributed by atoms with E-state index in [1.165, 1.54) is 6.92 Å². The van der Waals surface area contributed by atoms with Gasteiger partial charge in [-0.1, -0.05) is 12.1 Å². The van der Waals surface area contributed by atoms with Gasteiger partial charge in [0.1, 0.15) is 5.75 Å². The maximum atomic E-state index is 12.7. The number of carbonyl (C=O) groups excluding carboxylic acids is 2. The third-order valence-corrected chi connectivity index (χ3v) is 5.43. The van der Waals surface area contributed by atoms with Crippen LogP contribution in [-0.4, -0.2) is 33.5 Å². The summed E-state index contributed by atoms with van der Waals surface area (Å²) in [6.07, 6.45) is 0.772. The number of benzene rings is 2. The number of nitrogens with zero attached hydrogens (tertiary/aromatic N) is 3. The molecule has 0 spiro atoms. The first-order valence-electron chi connectivity index (χ1n) is 10.4. The molecule has 0 aliphatic heterocycles. The van der Waals surface area contributed by atoms with Gasteiger partial charge in [0.25, 0.3) is 0 Å². The molecule has 2 heterocycles. The number of aryl methyl sites for hydroxylation is 2. The molecule has 164 valence electrons. The molecule has 0 aliphatic carbocycles. The van der Waals surface area contributed by atoms with Crippen molar-refractivity contribution < 1.29 is 14.3 Å². The number of carbonyl (C=O) groups is 2. The molecule has 0 aliphatic rings. The number of nitrogens with one attached hydrogen (secondary N) is 2. The Morgan fingerprint density at radius 1 is 1.06 bits per heavy atom. The highest BCUT2D eigenvalue weighted by Gasteiger charge is 2.16. The van der Waals surface area contributed by atoms with Crippen LogP contribution in [0, 0.1) is 13.8 Å². The normalized spacial score (nSPS) is 11.0. The van der Waals surface area contributed by atoms with Crippen LogP contribution in [0.25, 0.3) is 16.6 Å². The van der Waals surface area contributed by atoms with Gasteiger partial charge in [0.15, 0.2) is 5.65 Å². The minimum absolute atomic E-state index is 0.172. The molecule has 4 rings (SSSR count). The maximum absolute atomic E-state index is 12.7. The number of fused-ring (bicyclic) bond motifs is 3. The van der Waals surface area contributed by atoms with Gasteiger partial charge in [0.05, 0.1) is 24.0 Å². The third-order valence-electron chi connectivity index (χ3n) is 5.43. The number of rotatable bonds is 6. The van der Waals surface area contributed by atoms with Gasteiger partial charge in [0, 0.05) is 36.2 Å². The van der Waals surface area contributed by atoms with Crippen molar-refractivity contribution in [2.45, 2.75) is 33.6 Å². The van der Waals surface area contributed by atoms with Gasteiger partial charge in [-0.05, 0) is 50.1 Å². The standard InChI is InChI=1S/C24H25N5O3/c1-14-18(15(2)29-24(25-14)19-7-5-6-8-20(19)28-29)10-12-23(31)27-22-13-17(32-4)9-11-21(22)26-16(3)30/h5-9,11,13H,10,12H2,1-4H3,(H,26,30)(H,27,31). The van der Waals surface area contributed by atoms with E-state index in [-0.39, 0.29) is 18.2 Å². The van der Waals surface area contributed by atoms with E-state index < -0.39 is 0 Å². The summed E-state index contributed by atoms with van der Waals surface area (Å²) in [5.41, 5.74) is 5.56. The lowest BCUT2D eigenvalue weighted by molar-refractivity contribution is -0.116. The molecule has 8 heteroatoms. The van der Waals surface area contributed by atoms with Gasteiger partial charge in [-0.2, -0.15) is 5.10 Å². The van der Waals surface area contributed by atoms with Gasteiger partial charge in [0.2, 0.25) is 11.8 Å². The van der Waals surface area contributed by atoms with Gasteiger partial charge < -0.3 is 15.4 Å². The van der Waals surface area contributed by atoms with Crippen molar-refractivity contribution in [3.05, 3.63) is 59.4 Å². The van der Waals surface area contributed by atoms with E-state index in [0.29, 0.717) is 23.5 Å². The summed E-state index contributed by atoms with van der Waals surface area (Å²) in [5.74, 6) is 0.193. The van der Waals surface area contributed by atoms with Crippen molar-refractivity contribution in [1.82, 2.24) is 14.6 Å². The van der Waals surface area contributed by atoms with Crippen molar-refractivity contribution >= 4 is 39.7 Å². The summed E-state index contributed by atoms with van der Waals surface area (Å²) in [7, 11) is 1.55. The zero-order valence-corrected chi connectivity index (χ0v) is 18.5. The Hall–Kier alpha value is -3.94. The van der Waals surface area contributed by atoms with Crippen LogP contribution in [0.1, 0.15) is 30.3 Å². The predicted molar refractivity (Wildman–Crippen MR) is 124 cm³/mol. The largest absolute Gasteiger partial charge is 0.497 e. The second kappa shape index (κ2) is 8.66. The highest BCUT2D eigenvalue weighted by Crippen LogP contribution is 2.28. The van der Waals surface area contributed by atoms with Gasteiger partial charge in [-0.3, -0.25) is 9.59 Å². The highest BCUT2D eigenvalue weighted by molar-refractivity contribution is 5.99. The number of ether oxygens (including phenoxy) is 1. The van der Waals surface area contributed by atoms with Crippen molar-refractivity contribution in [3.63, 3.8) is 0 Å². The van der Waals surface area contributed by atoms with E-state index in [0.717, 1.165) is 33.5 Å². The van der Waals surface area contributed by atoms with Crippen LogP contribution in [0.2, 0.25) is 0 Å². The second-order valence-corrected chi connectivity index (χ2v) is 7.65. The SMILES string of the molecule is COc1ccc(NC(C)=O)c(NC(=O)CCc2c(C)nc3c4ccccc4nn3c2C)c1. The third kappa shape index (κ3) is 4.12. The number of hydrogen-bond acceptors (Lipinski definition) is 5.